The smallest absolute Gasteiger partial charge is 0.338 e. The molecule has 1 amide bonds. The van der Waals surface area contributed by atoms with Gasteiger partial charge in [-0.15, -0.1) is 0 Å². The number of carbonyl (C=O) groups excluding carboxylic acids is 5. The Kier molecular flexibility index (Phi) is 34.6. The number of carboxylic acids is 1. The molecule has 0 spiro atoms. The summed E-state index contributed by atoms with van der Waals surface area (Å²) in [7, 11) is 5.09. The number of anilines is 3. The number of methoxy groups -OCH3 is 4. The van der Waals surface area contributed by atoms with Crippen LogP contribution in [0.3, 0.4) is 0 Å². The number of aromatic nitrogens is 6. The fourth-order valence-electron chi connectivity index (χ4n) is 10.8. The molecule has 0 unspecified atom stereocenters. The Labute approximate surface area is 669 Å². The number of nitrogen functional groups attached to an aromatic ring is 1. The van der Waals surface area contributed by atoms with E-state index in [2.05, 4.69) is 121 Å². The lowest BCUT2D eigenvalue weighted by Gasteiger charge is -2.28. The van der Waals surface area contributed by atoms with E-state index in [1.54, 1.807) is 66.1 Å². The number of carboxylic acid groups (broad SMARTS) is 1. The van der Waals surface area contributed by atoms with E-state index in [-0.39, 0.29) is 73.5 Å². The van der Waals surface area contributed by atoms with Gasteiger partial charge in [0.25, 0.3) is 11.6 Å². The molecule has 2 fully saturated rings. The number of aromatic carboxylic acids is 1. The first kappa shape index (κ1) is 95.8. The molecule has 11 rings (SSSR count). The minimum Gasteiger partial charge on any atom is -0.478 e. The molecule has 0 bridgehead atoms. The number of nitrogens with zero attached hydrogens (tertiary/aromatic N) is 9. The van der Waals surface area contributed by atoms with Crippen LogP contribution in [0.1, 0.15) is 212 Å². The zero-order chi connectivity index (χ0) is 87.1. The number of nitro benzene ring substituents is 2. The lowest BCUT2D eigenvalue weighted by molar-refractivity contribution is -0.387. The second-order valence-corrected chi connectivity index (χ2v) is 33.0. The van der Waals surface area contributed by atoms with E-state index in [9.17, 15) is 62.2 Å². The summed E-state index contributed by atoms with van der Waals surface area (Å²) < 4.78 is 62.5. The first-order chi connectivity index (χ1) is 53.2. The monoisotopic (exact) mass is 1600 g/mol. The molecular formula is C83H113F3N14O15. The highest BCUT2D eigenvalue weighted by Gasteiger charge is 2.27. The molecule has 0 radical (unpaired) electrons. The van der Waals surface area contributed by atoms with E-state index in [1.807, 2.05) is 97.5 Å². The average Bonchev–Trinajstić information content (AvgIpc) is 1.66. The second kappa shape index (κ2) is 41.5. The van der Waals surface area contributed by atoms with Crippen LogP contribution < -0.4 is 27.4 Å². The molecule has 2 aliphatic heterocycles. The molecule has 0 aliphatic carbocycles. The summed E-state index contributed by atoms with van der Waals surface area (Å²) in [6.07, 6.45) is 6.35. The number of imidazole rings is 3. The van der Waals surface area contributed by atoms with Gasteiger partial charge in [0.2, 0.25) is 5.82 Å². The third kappa shape index (κ3) is 30.7. The quantitative estimate of drug-likeness (QED) is 0.0243. The summed E-state index contributed by atoms with van der Waals surface area (Å²) in [5.41, 5.74) is 18.9. The molecule has 5 heterocycles. The minimum absolute atomic E-state index is 0. The first-order valence-electron chi connectivity index (χ1n) is 37.0. The Bertz CT molecular complexity index is 4800. The van der Waals surface area contributed by atoms with Gasteiger partial charge in [0.15, 0.2) is 0 Å². The lowest BCUT2D eigenvalue weighted by atomic mass is 10.1. The first-order valence-corrected chi connectivity index (χ1v) is 37.0. The van der Waals surface area contributed by atoms with Gasteiger partial charge in [-0.05, 0) is 260 Å². The number of alkyl halides is 2. The molecule has 0 atom stereocenters. The van der Waals surface area contributed by atoms with Gasteiger partial charge in [-0.1, -0.05) is 0 Å². The highest BCUT2D eigenvalue weighted by atomic mass is 19.1. The van der Waals surface area contributed by atoms with Crippen molar-refractivity contribution in [1.29, 1.82) is 0 Å². The van der Waals surface area contributed by atoms with E-state index in [4.69, 9.17) is 16.6 Å². The number of nitrogens with two attached hydrogens (primary N) is 2. The molecule has 9 aromatic rings. The Hall–Kier alpha value is -11.5. The lowest BCUT2D eigenvalue weighted by Crippen LogP contribution is -2.39. The number of amides is 1. The number of benzene rings is 6. The number of hydrogen-bond acceptors (Lipinski definition) is 22. The van der Waals surface area contributed by atoms with E-state index in [0.717, 1.165) is 77.2 Å². The minimum atomic E-state index is -0.984. The SMILES string of the molecule is CC(C)(C)N.CC(C)(C)n1cnc2cc(C(=O)N3CCC(F)CC3)ccc21.CC(C)(C)n1cnc2cc(C(=O)O)ccc21.COC(=O)c1ccc(F)c([N+](=O)[O-])c1.COC(=O)c1ccc(NC(C)(C)C)c(N)c1.COC(=O)c1ccc(NC(C)(C)C)c([N+](=O)[O-])c1.COC(=O)c1ccc2c(c1)ncn2C(C)(C)C.FC1CCNCC1. The van der Waals surface area contributed by atoms with Crippen molar-refractivity contribution in [2.45, 2.75) is 196 Å². The number of carbonyl (C=O) groups is 6. The van der Waals surface area contributed by atoms with E-state index < -0.39 is 51.6 Å². The van der Waals surface area contributed by atoms with E-state index in [1.165, 1.54) is 39.5 Å². The van der Waals surface area contributed by atoms with Gasteiger partial charge in [-0.25, -0.2) is 47.7 Å². The number of halogens is 3. The molecular weight excluding hydrogens is 1490 g/mol. The highest BCUT2D eigenvalue weighted by Crippen LogP contribution is 2.31. The van der Waals surface area contributed by atoms with Crippen molar-refractivity contribution in [3.8, 4) is 0 Å². The molecule has 2 aliphatic rings. The Morgan fingerprint density at radius 1 is 0.478 bits per heavy atom. The van der Waals surface area contributed by atoms with Crippen LogP contribution in [0.2, 0.25) is 0 Å². The number of hydrogen-bond donors (Lipinski definition) is 6. The van der Waals surface area contributed by atoms with Gasteiger partial charge in [0.05, 0.1) is 130 Å². The molecule has 115 heavy (non-hydrogen) atoms. The van der Waals surface area contributed by atoms with Crippen molar-refractivity contribution in [1.82, 2.24) is 38.9 Å². The van der Waals surface area contributed by atoms with Crippen molar-refractivity contribution >= 4 is 97.3 Å². The summed E-state index contributed by atoms with van der Waals surface area (Å²) >= 11 is 0. The maximum Gasteiger partial charge on any atom is 0.338 e. The van der Waals surface area contributed by atoms with Crippen molar-refractivity contribution in [3.05, 3.63) is 188 Å². The van der Waals surface area contributed by atoms with Crippen molar-refractivity contribution in [3.63, 3.8) is 0 Å². The van der Waals surface area contributed by atoms with Gasteiger partial charge in [-0.3, -0.25) is 25.0 Å². The van der Waals surface area contributed by atoms with Crippen molar-refractivity contribution < 1.29 is 75.8 Å². The number of likely N-dealkylation sites (tertiary alicyclic amines) is 1. The number of fused-ring (bicyclic) bond motifs is 3. The Morgan fingerprint density at radius 3 is 1.14 bits per heavy atom. The molecule has 2 saturated heterocycles. The van der Waals surface area contributed by atoms with Gasteiger partial charge < -0.3 is 70.1 Å². The summed E-state index contributed by atoms with van der Waals surface area (Å²) in [5, 5.41) is 39.5. The normalized spacial score (nSPS) is 13.1. The van der Waals surface area contributed by atoms with Gasteiger partial charge >= 0.3 is 35.5 Å². The zero-order valence-electron chi connectivity index (χ0n) is 69.9. The Balaban J connectivity index is 0.000000283. The average molecular weight is 1600 g/mol. The number of esters is 4. The largest absolute Gasteiger partial charge is 0.478 e. The zero-order valence-corrected chi connectivity index (χ0v) is 69.9. The number of ether oxygens (including phenoxy) is 4. The predicted molar refractivity (Wildman–Crippen MR) is 441 cm³/mol. The molecule has 8 N–H and O–H groups in total. The predicted octanol–water partition coefficient (Wildman–Crippen LogP) is 16.3. The molecule has 32 heteroatoms. The second-order valence-electron chi connectivity index (χ2n) is 33.0. The third-order valence-electron chi connectivity index (χ3n) is 16.4. The van der Waals surface area contributed by atoms with Crippen LogP contribution in [0.25, 0.3) is 33.1 Å². The van der Waals surface area contributed by atoms with Crippen molar-refractivity contribution in [2.75, 3.05) is 71.0 Å². The van der Waals surface area contributed by atoms with Crippen LogP contribution >= 0.6 is 0 Å². The maximum absolute atomic E-state index is 13.2. The number of nitro groups is 2. The number of piperidine rings is 2. The summed E-state index contributed by atoms with van der Waals surface area (Å²) in [5.74, 6) is -3.99. The van der Waals surface area contributed by atoms with Crippen LogP contribution in [-0.2, 0) is 35.6 Å². The van der Waals surface area contributed by atoms with Crippen LogP contribution in [0.4, 0.5) is 41.6 Å². The molecule has 626 valence electrons. The number of rotatable bonds is 10. The van der Waals surface area contributed by atoms with Crippen molar-refractivity contribution in [2.24, 2.45) is 5.73 Å². The van der Waals surface area contributed by atoms with Crippen LogP contribution in [0.15, 0.2) is 128 Å². The molecule has 0 saturated carbocycles. The fraction of sp³-hybridized carbons (Fsp3) is 0.458. The van der Waals surface area contributed by atoms with E-state index >= 15 is 0 Å². The highest BCUT2D eigenvalue weighted by molar-refractivity contribution is 5.98. The fourth-order valence-corrected chi connectivity index (χ4v) is 10.8. The molecule has 6 aromatic carbocycles. The summed E-state index contributed by atoms with van der Waals surface area (Å²) in [6, 6.07) is 28.2. The number of nitrogens with one attached hydrogen (secondary N) is 3. The van der Waals surface area contributed by atoms with Crippen LogP contribution in [0, 0.1) is 26.0 Å². The standard InChI is InChI=1S/C17H22FN3O.C13H16N2O2.C12H16N2O4.C12H14N2O2.C12H18N2O2.C8H6FNO4.C5H10FN.C4H11N/c1-17(2,3)21-11-19-14-10-12(4-5-15(14)21)16(22)20-8-6-13(18)7-9-20;1-13(2,3)15-8-14-10-7-9(12(16)17-4)5-6-11(10)15;1-12(2,3)13-9-6-5-8(11(15)18-4)7-10(9)14(16)17;1-12(2,3)14-7-13-9-6-8(11(15)16)4-5-10(9)14;1-12(2,3)14-10-6-5-8(7-9(10)13)11(15)16-4;1-14-8(11)5-2-3-6(9)7(4-5)10(12)13;6-5-1-3-7-4-2-5;1-4(2,3)5/h4-5,10-11,13H,6-9H2,1-3H3;5-8H,1-4H3;5-7,13H,1-4H3;4-7H,1-3H3,(H,15,16);5-7,14H,13H2,1-4H3;2-4H,1H3;5,7H,1-4H2;5H2,1-3H3. The summed E-state index contributed by atoms with van der Waals surface area (Å²) in [4.78, 5) is 103. The van der Waals surface area contributed by atoms with Gasteiger partial charge in [0.1, 0.15) is 18.0 Å². The van der Waals surface area contributed by atoms with Crippen LogP contribution in [0.5, 0.6) is 0 Å². The molecule has 29 nitrogen and oxygen atoms in total. The Morgan fingerprint density at radius 2 is 0.791 bits per heavy atom. The van der Waals surface area contributed by atoms with E-state index in [0.29, 0.717) is 66.8 Å². The van der Waals surface area contributed by atoms with Gasteiger partial charge in [-0.2, -0.15) is 4.39 Å². The summed E-state index contributed by atoms with van der Waals surface area (Å²) in [6.45, 7) is 39.4. The third-order valence-corrected chi connectivity index (χ3v) is 16.4. The maximum atomic E-state index is 13.2. The van der Waals surface area contributed by atoms with Crippen LogP contribution in [-0.4, -0.2) is 168 Å². The van der Waals surface area contributed by atoms with Gasteiger partial charge in [0, 0.05) is 64.0 Å². The molecule has 3 aromatic heterocycles. The topological polar surface area (TPSA) is 391 Å².